The summed E-state index contributed by atoms with van der Waals surface area (Å²) in [7, 11) is 3.25. The third-order valence-corrected chi connectivity index (χ3v) is 9.14. The number of hydrogen-bond acceptors (Lipinski definition) is 9. The predicted molar refractivity (Wildman–Crippen MR) is 195 cm³/mol. The van der Waals surface area contributed by atoms with Crippen LogP contribution in [0.25, 0.3) is 33.4 Å². The van der Waals surface area contributed by atoms with Gasteiger partial charge in [0.05, 0.1) is 24.4 Å². The second kappa shape index (κ2) is 15.0. The van der Waals surface area contributed by atoms with E-state index in [1.807, 2.05) is 59.2 Å². The molecule has 260 valence electrons. The first kappa shape index (κ1) is 34.5. The van der Waals surface area contributed by atoms with Crippen molar-refractivity contribution in [3.05, 3.63) is 84.6 Å². The SMILES string of the molecule is C=C(/N=C\N(C)N)c1ccc(C2=CCN(C(=O)CN3CC[C@@](OC)(C(=O)Nc4ccc5[nH]nc(-c6ccc(OCC)nc6)c5c4)C3)CC2)cc1. The van der Waals surface area contributed by atoms with Crippen molar-refractivity contribution in [3.63, 3.8) is 0 Å². The Balaban J connectivity index is 1.04. The fourth-order valence-electron chi connectivity index (χ4n) is 6.31. The fourth-order valence-corrected chi connectivity index (χ4v) is 6.31. The summed E-state index contributed by atoms with van der Waals surface area (Å²) in [6, 6.07) is 17.4. The molecular weight excluding hydrogens is 634 g/mol. The van der Waals surface area contributed by atoms with Crippen LogP contribution in [-0.2, 0) is 14.3 Å². The highest BCUT2D eigenvalue weighted by molar-refractivity contribution is 6.01. The molecule has 13 heteroatoms. The number of anilines is 1. The van der Waals surface area contributed by atoms with Crippen molar-refractivity contribution in [1.82, 2.24) is 30.0 Å². The number of aromatic amines is 1. The standard InChI is InChI=1S/C37H43N9O4/c1-5-50-33-13-10-29(21-39-33)35-31-20-30(11-12-32(31)42-43-35)41-36(48)37(49-4)16-19-45(23-37)22-34(47)46-17-14-28(15-18-46)27-8-6-26(7-9-27)25(2)40-24-44(3)38/h6-14,20-21,24H,2,5,15-19,22-23,38H2,1,3-4H3,(H,41,48)(H,42,43)/b40-24-/t37-/m0/s1. The van der Waals surface area contributed by atoms with Crippen LogP contribution in [-0.4, -0.2) is 107 Å². The molecule has 0 spiro atoms. The van der Waals surface area contributed by atoms with E-state index >= 15 is 0 Å². The number of carbonyl (C=O) groups excluding carboxylic acids is 2. The number of H-pyrrole nitrogens is 1. The Kier molecular flexibility index (Phi) is 10.4. The average molecular weight is 678 g/mol. The first-order valence-electron chi connectivity index (χ1n) is 16.6. The van der Waals surface area contributed by atoms with Crippen LogP contribution in [0.4, 0.5) is 5.69 Å². The Hall–Kier alpha value is -5.37. The quantitative estimate of drug-likeness (QED) is 0.0868. The number of hydrogen-bond donors (Lipinski definition) is 3. The number of benzene rings is 2. The Labute approximate surface area is 291 Å². The van der Waals surface area contributed by atoms with Gasteiger partial charge >= 0.3 is 0 Å². The second-order valence-electron chi connectivity index (χ2n) is 12.5. The van der Waals surface area contributed by atoms with Gasteiger partial charge in [-0.25, -0.2) is 15.8 Å². The Morgan fingerprint density at radius 2 is 1.96 bits per heavy atom. The molecule has 1 atom stereocenters. The van der Waals surface area contributed by atoms with Crippen molar-refractivity contribution in [1.29, 1.82) is 0 Å². The zero-order valence-corrected chi connectivity index (χ0v) is 28.7. The minimum atomic E-state index is -1.08. The maximum atomic E-state index is 13.7. The van der Waals surface area contributed by atoms with Crippen molar-refractivity contribution in [2.75, 3.05) is 58.8 Å². The topological polar surface area (TPSA) is 154 Å². The van der Waals surface area contributed by atoms with Gasteiger partial charge in [-0.3, -0.25) is 19.6 Å². The van der Waals surface area contributed by atoms with Gasteiger partial charge in [-0.2, -0.15) is 5.10 Å². The monoisotopic (exact) mass is 677 g/mol. The summed E-state index contributed by atoms with van der Waals surface area (Å²) in [5.74, 6) is 5.92. The smallest absolute Gasteiger partial charge is 0.258 e. The van der Waals surface area contributed by atoms with Crippen LogP contribution in [0.5, 0.6) is 5.88 Å². The molecule has 2 aliphatic heterocycles. The van der Waals surface area contributed by atoms with Gasteiger partial charge in [-0.05, 0) is 60.7 Å². The zero-order chi connectivity index (χ0) is 35.3. The number of hydrazine groups is 1. The third kappa shape index (κ3) is 7.59. The largest absolute Gasteiger partial charge is 0.478 e. The van der Waals surface area contributed by atoms with Gasteiger partial charge in [0.15, 0.2) is 5.60 Å². The van der Waals surface area contributed by atoms with Crippen LogP contribution in [0.2, 0.25) is 0 Å². The lowest BCUT2D eigenvalue weighted by Gasteiger charge is -2.30. The van der Waals surface area contributed by atoms with E-state index in [9.17, 15) is 9.59 Å². The van der Waals surface area contributed by atoms with Crippen molar-refractivity contribution in [3.8, 4) is 17.1 Å². The van der Waals surface area contributed by atoms with Crippen LogP contribution < -0.4 is 15.9 Å². The fraction of sp³-hybridized carbons (Fsp3) is 0.324. The normalized spacial score (nSPS) is 18.0. The van der Waals surface area contributed by atoms with Crippen LogP contribution in [0.15, 0.2) is 78.4 Å². The van der Waals surface area contributed by atoms with E-state index in [4.69, 9.17) is 15.3 Å². The van der Waals surface area contributed by atoms with Crippen molar-refractivity contribution in [2.24, 2.45) is 10.8 Å². The number of likely N-dealkylation sites (tertiary alicyclic amines) is 1. The van der Waals surface area contributed by atoms with Crippen LogP contribution in [0.3, 0.4) is 0 Å². The lowest BCUT2D eigenvalue weighted by molar-refractivity contribution is -0.138. The Bertz CT molecular complexity index is 1920. The van der Waals surface area contributed by atoms with Crippen LogP contribution in [0.1, 0.15) is 30.9 Å². The van der Waals surface area contributed by atoms with Crippen molar-refractivity contribution >= 4 is 46.0 Å². The van der Waals surface area contributed by atoms with Gasteiger partial charge in [0.25, 0.3) is 5.91 Å². The maximum absolute atomic E-state index is 13.7. The molecule has 4 N–H and O–H groups in total. The Morgan fingerprint density at radius 1 is 1.16 bits per heavy atom. The zero-order valence-electron chi connectivity index (χ0n) is 28.7. The number of aromatic nitrogens is 3. The molecule has 2 aromatic heterocycles. The van der Waals surface area contributed by atoms with E-state index in [2.05, 4.69) is 50.3 Å². The minimum Gasteiger partial charge on any atom is -0.478 e. The van der Waals surface area contributed by atoms with Gasteiger partial charge in [-0.15, -0.1) is 0 Å². The number of rotatable bonds is 12. The highest BCUT2D eigenvalue weighted by atomic mass is 16.5. The van der Waals surface area contributed by atoms with Gasteiger partial charge in [0, 0.05) is 69.2 Å². The summed E-state index contributed by atoms with van der Waals surface area (Å²) in [4.78, 5) is 39.5. The molecule has 2 aromatic carbocycles. The third-order valence-electron chi connectivity index (χ3n) is 9.14. The van der Waals surface area contributed by atoms with Gasteiger partial charge < -0.3 is 24.7 Å². The number of pyridine rings is 1. The van der Waals surface area contributed by atoms with Crippen molar-refractivity contribution in [2.45, 2.75) is 25.4 Å². The molecular formula is C37H43N9O4. The summed E-state index contributed by atoms with van der Waals surface area (Å²) in [5, 5.41) is 12.8. The van der Waals surface area contributed by atoms with E-state index in [0.29, 0.717) is 56.5 Å². The first-order chi connectivity index (χ1) is 24.2. The van der Waals surface area contributed by atoms with E-state index in [0.717, 1.165) is 39.7 Å². The summed E-state index contributed by atoms with van der Waals surface area (Å²) in [6.45, 7) is 8.71. The Morgan fingerprint density at radius 3 is 2.64 bits per heavy atom. The average Bonchev–Trinajstić information content (AvgIpc) is 3.76. The molecule has 6 rings (SSSR count). The predicted octanol–water partition coefficient (Wildman–Crippen LogP) is 4.17. The van der Waals surface area contributed by atoms with Crippen molar-refractivity contribution < 1.29 is 19.1 Å². The summed E-state index contributed by atoms with van der Waals surface area (Å²) in [6.07, 6.45) is 6.57. The molecule has 0 bridgehead atoms. The number of nitrogens with one attached hydrogen (secondary N) is 2. The second-order valence-corrected chi connectivity index (χ2v) is 12.5. The number of methoxy groups -OCH3 is 1. The molecule has 0 aliphatic carbocycles. The van der Waals surface area contributed by atoms with Gasteiger partial charge in [0.2, 0.25) is 11.8 Å². The number of nitrogens with zero attached hydrogens (tertiary/aromatic N) is 6. The number of carbonyl (C=O) groups is 2. The highest BCUT2D eigenvalue weighted by Gasteiger charge is 2.45. The summed E-state index contributed by atoms with van der Waals surface area (Å²) >= 11 is 0. The van der Waals surface area contributed by atoms with Gasteiger partial charge in [0.1, 0.15) is 12.0 Å². The lowest BCUT2D eigenvalue weighted by atomic mass is 9.98. The number of nitrogens with two attached hydrogens (primary N) is 1. The molecule has 50 heavy (non-hydrogen) atoms. The molecule has 0 radical (unpaired) electrons. The number of aliphatic imine (C=N–C) groups is 1. The van der Waals surface area contributed by atoms with E-state index in [1.165, 1.54) is 16.9 Å². The molecule has 0 unspecified atom stereocenters. The molecule has 4 heterocycles. The minimum absolute atomic E-state index is 0.0312. The lowest BCUT2D eigenvalue weighted by Crippen LogP contribution is -2.48. The first-order valence-corrected chi connectivity index (χ1v) is 16.6. The summed E-state index contributed by atoms with van der Waals surface area (Å²) < 4.78 is 11.3. The summed E-state index contributed by atoms with van der Waals surface area (Å²) in [5.41, 5.74) is 5.78. The maximum Gasteiger partial charge on any atom is 0.258 e. The molecule has 2 amide bonds. The molecule has 13 nitrogen and oxygen atoms in total. The number of fused-ring (bicyclic) bond motifs is 1. The van der Waals surface area contributed by atoms with Gasteiger partial charge in [-0.1, -0.05) is 36.9 Å². The molecule has 2 aliphatic rings. The molecule has 1 fully saturated rings. The van der Waals surface area contributed by atoms with Crippen LogP contribution >= 0.6 is 0 Å². The molecule has 1 saturated heterocycles. The number of amides is 2. The van der Waals surface area contributed by atoms with Crippen LogP contribution in [0, 0.1) is 0 Å². The number of ether oxygens (including phenoxy) is 2. The molecule has 0 saturated carbocycles. The van der Waals surface area contributed by atoms with E-state index in [-0.39, 0.29) is 18.4 Å². The molecule has 4 aromatic rings. The van der Waals surface area contributed by atoms with E-state index in [1.54, 1.807) is 20.4 Å². The van der Waals surface area contributed by atoms with E-state index < -0.39 is 5.60 Å². The highest BCUT2D eigenvalue weighted by Crippen LogP contribution is 2.31.